The minimum Gasteiger partial charge on any atom is -0.486 e. The average Bonchev–Trinajstić information content (AvgIpc) is 3.24. The number of amides is 1. The third kappa shape index (κ3) is 2.82. The summed E-state index contributed by atoms with van der Waals surface area (Å²) in [5, 5.41) is 0.702. The highest BCUT2D eigenvalue weighted by molar-refractivity contribution is 6.30. The second-order valence-corrected chi connectivity index (χ2v) is 7.98. The summed E-state index contributed by atoms with van der Waals surface area (Å²) in [6.07, 6.45) is 6.41. The van der Waals surface area contributed by atoms with Gasteiger partial charge in [-0.25, -0.2) is 4.98 Å². The molecule has 2 atom stereocenters. The predicted octanol–water partition coefficient (Wildman–Crippen LogP) is 3.86. The summed E-state index contributed by atoms with van der Waals surface area (Å²) in [6.45, 7) is 2.02. The average molecular weight is 389 g/mol. The van der Waals surface area contributed by atoms with Crippen LogP contribution in [0.15, 0.2) is 35.2 Å². The lowest BCUT2D eigenvalue weighted by Gasteiger charge is -2.53. The first-order chi connectivity index (χ1) is 13.2. The number of ether oxygens (including phenoxy) is 2. The highest BCUT2D eigenvalue weighted by atomic mass is 35.5. The quantitative estimate of drug-likeness (QED) is 0.742. The zero-order valence-corrected chi connectivity index (χ0v) is 15.7. The number of aromatic nitrogens is 1. The summed E-state index contributed by atoms with van der Waals surface area (Å²) in [6, 6.07) is 5.77. The molecule has 0 saturated carbocycles. The van der Waals surface area contributed by atoms with Crippen LogP contribution in [0.2, 0.25) is 5.02 Å². The highest BCUT2D eigenvalue weighted by Crippen LogP contribution is 2.53. The molecule has 142 valence electrons. The number of hydrogen-bond donors (Lipinski definition) is 0. The number of oxazole rings is 1. The number of benzene rings is 1. The fourth-order valence-corrected chi connectivity index (χ4v) is 4.97. The van der Waals surface area contributed by atoms with Crippen LogP contribution in [0.5, 0.6) is 5.75 Å². The monoisotopic (exact) mass is 388 g/mol. The van der Waals surface area contributed by atoms with Crippen LogP contribution in [-0.2, 0) is 4.74 Å². The first kappa shape index (κ1) is 17.1. The van der Waals surface area contributed by atoms with Gasteiger partial charge in [-0.1, -0.05) is 11.6 Å². The fraction of sp³-hybridized carbons (Fsp3) is 0.500. The van der Waals surface area contributed by atoms with Gasteiger partial charge < -0.3 is 18.8 Å². The molecule has 0 radical (unpaired) electrons. The topological polar surface area (TPSA) is 64.8 Å². The van der Waals surface area contributed by atoms with Crippen molar-refractivity contribution in [1.29, 1.82) is 0 Å². The second kappa shape index (κ2) is 6.53. The number of carbonyl (C=O) groups is 1. The third-order valence-corrected chi connectivity index (χ3v) is 6.36. The molecular weight excluding hydrogens is 368 g/mol. The Morgan fingerprint density at radius 1 is 1.30 bits per heavy atom. The summed E-state index contributed by atoms with van der Waals surface area (Å²) in [7, 11) is 0. The molecule has 1 aromatic carbocycles. The number of halogens is 1. The van der Waals surface area contributed by atoms with E-state index in [0.29, 0.717) is 18.1 Å². The first-order valence-corrected chi connectivity index (χ1v) is 9.82. The van der Waals surface area contributed by atoms with E-state index in [1.165, 1.54) is 12.6 Å². The van der Waals surface area contributed by atoms with E-state index in [1.807, 2.05) is 23.1 Å². The molecule has 0 unspecified atom stereocenters. The zero-order valence-electron chi connectivity index (χ0n) is 14.9. The molecule has 0 aliphatic carbocycles. The summed E-state index contributed by atoms with van der Waals surface area (Å²) in [5.74, 6) is 1.31. The van der Waals surface area contributed by atoms with Crippen LogP contribution >= 0.6 is 11.6 Å². The van der Waals surface area contributed by atoms with Crippen molar-refractivity contribution >= 4 is 17.5 Å². The van der Waals surface area contributed by atoms with Crippen molar-refractivity contribution < 1.29 is 18.7 Å². The Bertz CT molecular complexity index is 846. The number of nitrogens with zero attached hydrogens (tertiary/aromatic N) is 2. The van der Waals surface area contributed by atoms with Gasteiger partial charge >= 0.3 is 0 Å². The second-order valence-electron chi connectivity index (χ2n) is 7.55. The van der Waals surface area contributed by atoms with Crippen LogP contribution in [0, 0.1) is 5.92 Å². The number of carbonyl (C=O) groups excluding carboxylic acids is 1. The van der Waals surface area contributed by atoms with E-state index in [0.717, 1.165) is 43.6 Å². The first-order valence-electron chi connectivity index (χ1n) is 9.44. The molecule has 3 aliphatic heterocycles. The number of hydrogen-bond acceptors (Lipinski definition) is 5. The molecule has 27 heavy (non-hydrogen) atoms. The Morgan fingerprint density at radius 3 is 2.93 bits per heavy atom. The van der Waals surface area contributed by atoms with E-state index in [4.69, 9.17) is 25.5 Å². The van der Waals surface area contributed by atoms with E-state index < -0.39 is 0 Å². The highest BCUT2D eigenvalue weighted by Gasteiger charge is 2.52. The Morgan fingerprint density at radius 2 is 2.15 bits per heavy atom. The molecular formula is C20H21ClN2O4. The van der Waals surface area contributed by atoms with Crippen LogP contribution in [0.1, 0.15) is 47.9 Å². The molecule has 0 bridgehead atoms. The van der Waals surface area contributed by atoms with Gasteiger partial charge in [0.15, 0.2) is 6.39 Å². The number of rotatable bonds is 1. The van der Waals surface area contributed by atoms with Crippen molar-refractivity contribution in [3.05, 3.63) is 47.1 Å². The lowest BCUT2D eigenvalue weighted by molar-refractivity contribution is -0.147. The molecule has 1 spiro atoms. The summed E-state index contributed by atoms with van der Waals surface area (Å²) < 4.78 is 17.9. The van der Waals surface area contributed by atoms with Crippen molar-refractivity contribution in [2.45, 2.75) is 37.4 Å². The maximum Gasteiger partial charge on any atom is 0.291 e. The van der Waals surface area contributed by atoms with Crippen LogP contribution in [0.3, 0.4) is 0 Å². The van der Waals surface area contributed by atoms with E-state index in [1.54, 1.807) is 0 Å². The van der Waals surface area contributed by atoms with Crippen molar-refractivity contribution in [2.24, 2.45) is 5.92 Å². The molecule has 2 aromatic rings. The minimum atomic E-state index is -0.301. The van der Waals surface area contributed by atoms with Crippen LogP contribution in [0.25, 0.3) is 0 Å². The van der Waals surface area contributed by atoms with Crippen molar-refractivity contribution in [3.8, 4) is 5.75 Å². The maximum atomic E-state index is 12.6. The van der Waals surface area contributed by atoms with Crippen LogP contribution in [-0.4, -0.2) is 41.1 Å². The number of likely N-dealkylation sites (tertiary alicyclic amines) is 1. The SMILES string of the molecule is O=C(c1cnco1)N1CCC2(CC1)Oc1ccc(Cl)cc1[C@H]1OCCC[C@@H]12. The Kier molecular flexibility index (Phi) is 4.13. The zero-order chi connectivity index (χ0) is 18.4. The maximum absolute atomic E-state index is 12.6. The lowest BCUT2D eigenvalue weighted by atomic mass is 9.70. The molecule has 2 saturated heterocycles. The predicted molar refractivity (Wildman–Crippen MR) is 97.9 cm³/mol. The van der Waals surface area contributed by atoms with Gasteiger partial charge in [-0.2, -0.15) is 0 Å². The molecule has 5 rings (SSSR count). The van der Waals surface area contributed by atoms with Gasteiger partial charge in [0, 0.05) is 49.0 Å². The number of piperidine rings is 1. The van der Waals surface area contributed by atoms with Gasteiger partial charge in [-0.05, 0) is 31.0 Å². The molecule has 4 heterocycles. The molecule has 6 nitrogen and oxygen atoms in total. The van der Waals surface area contributed by atoms with Gasteiger partial charge in [0.05, 0.1) is 12.3 Å². The summed E-state index contributed by atoms with van der Waals surface area (Å²) >= 11 is 6.22. The smallest absolute Gasteiger partial charge is 0.291 e. The van der Waals surface area contributed by atoms with E-state index in [-0.39, 0.29) is 29.3 Å². The van der Waals surface area contributed by atoms with Gasteiger partial charge in [-0.3, -0.25) is 4.79 Å². The minimum absolute atomic E-state index is 0.0118. The Balaban J connectivity index is 1.41. The van der Waals surface area contributed by atoms with Crippen molar-refractivity contribution in [1.82, 2.24) is 9.88 Å². The van der Waals surface area contributed by atoms with Gasteiger partial charge in [-0.15, -0.1) is 0 Å². The summed E-state index contributed by atoms with van der Waals surface area (Å²) in [4.78, 5) is 18.2. The van der Waals surface area contributed by atoms with E-state index >= 15 is 0 Å². The number of fused-ring (bicyclic) bond motifs is 4. The normalized spacial score (nSPS) is 26.2. The van der Waals surface area contributed by atoms with E-state index in [9.17, 15) is 4.79 Å². The standard InChI is InChI=1S/C20H21ClN2O4/c21-13-3-4-16-14(10-13)18-15(2-1-9-25-18)20(27-16)5-7-23(8-6-20)19(24)17-11-22-12-26-17/h3-4,10-12,15,18H,1-2,5-9H2/t15-,18+/m0/s1. The molecule has 7 heteroatoms. The van der Waals surface area contributed by atoms with Crippen molar-refractivity contribution in [3.63, 3.8) is 0 Å². The van der Waals surface area contributed by atoms with Crippen LogP contribution < -0.4 is 4.74 Å². The third-order valence-electron chi connectivity index (χ3n) is 6.13. The van der Waals surface area contributed by atoms with Gasteiger partial charge in [0.1, 0.15) is 11.4 Å². The molecule has 3 aliphatic rings. The van der Waals surface area contributed by atoms with Gasteiger partial charge in [0.2, 0.25) is 5.76 Å². The molecule has 1 aromatic heterocycles. The Labute approximate surface area is 162 Å². The lowest BCUT2D eigenvalue weighted by Crippen LogP contribution is -2.57. The van der Waals surface area contributed by atoms with E-state index in [2.05, 4.69) is 4.98 Å². The van der Waals surface area contributed by atoms with Gasteiger partial charge in [0.25, 0.3) is 5.91 Å². The van der Waals surface area contributed by atoms with Crippen molar-refractivity contribution in [2.75, 3.05) is 19.7 Å². The Hall–Kier alpha value is -2.05. The van der Waals surface area contributed by atoms with Crippen LogP contribution in [0.4, 0.5) is 0 Å². The fourth-order valence-electron chi connectivity index (χ4n) is 4.79. The molecule has 0 N–H and O–H groups in total. The molecule has 1 amide bonds. The summed E-state index contributed by atoms with van der Waals surface area (Å²) in [5.41, 5.74) is 0.752. The largest absolute Gasteiger partial charge is 0.486 e. The molecule has 2 fully saturated rings.